The van der Waals surface area contributed by atoms with Gasteiger partial charge in [0, 0.05) is 8.95 Å². The van der Waals surface area contributed by atoms with Crippen LogP contribution in [0.1, 0.15) is 12.5 Å². The Morgan fingerprint density at radius 3 is 2.36 bits per heavy atom. The molecule has 0 saturated carbocycles. The predicted octanol–water partition coefficient (Wildman–Crippen LogP) is 4.24. The maximum atomic E-state index is 3.86. The van der Waals surface area contributed by atoms with E-state index in [1.165, 1.54) is 5.56 Å². The molecule has 0 atom stereocenters. The molecule has 0 heterocycles. The monoisotopic (exact) mass is 274 g/mol. The molecule has 0 N–H and O–H groups in total. The zero-order valence-electron chi connectivity index (χ0n) is 6.20. The largest absolute Gasteiger partial charge is 0.0955 e. The average Bonchev–Trinajstić information content (AvgIpc) is 1.94. The van der Waals surface area contributed by atoms with E-state index in [9.17, 15) is 0 Å². The van der Waals surface area contributed by atoms with Gasteiger partial charge in [0.1, 0.15) is 0 Å². The molecule has 0 saturated heterocycles. The summed E-state index contributed by atoms with van der Waals surface area (Å²) in [4.78, 5) is 0. The summed E-state index contributed by atoms with van der Waals surface area (Å²) in [5.41, 5.74) is 2.25. The first-order chi connectivity index (χ1) is 5.11. The van der Waals surface area contributed by atoms with Crippen molar-refractivity contribution in [2.75, 3.05) is 0 Å². The van der Waals surface area contributed by atoms with Gasteiger partial charge in [-0.25, -0.2) is 0 Å². The molecule has 0 amide bonds. The molecule has 0 fully saturated rings. The van der Waals surface area contributed by atoms with Crippen LogP contribution in [0.5, 0.6) is 0 Å². The van der Waals surface area contributed by atoms with Crippen LogP contribution in [-0.4, -0.2) is 0 Å². The second kappa shape index (κ2) is 3.55. The molecule has 2 heteroatoms. The molecule has 0 unspecified atom stereocenters. The van der Waals surface area contributed by atoms with Crippen LogP contribution in [0.2, 0.25) is 0 Å². The van der Waals surface area contributed by atoms with Crippen LogP contribution >= 0.6 is 31.9 Å². The highest BCUT2D eigenvalue weighted by Crippen LogP contribution is 2.25. The van der Waals surface area contributed by atoms with Gasteiger partial charge >= 0.3 is 0 Å². The molecule has 0 aliphatic rings. The van der Waals surface area contributed by atoms with Gasteiger partial charge < -0.3 is 0 Å². The van der Waals surface area contributed by atoms with Crippen molar-refractivity contribution < 1.29 is 0 Å². The van der Waals surface area contributed by atoms with Gasteiger partial charge in [-0.3, -0.25) is 0 Å². The molecule has 1 rings (SSSR count). The zero-order chi connectivity index (χ0) is 8.43. The molecule has 0 aliphatic carbocycles. The van der Waals surface area contributed by atoms with Gasteiger partial charge in [0.25, 0.3) is 0 Å². The average molecular weight is 276 g/mol. The van der Waals surface area contributed by atoms with Crippen LogP contribution in [0.25, 0.3) is 5.57 Å². The lowest BCUT2D eigenvalue weighted by molar-refractivity contribution is 1.52. The van der Waals surface area contributed by atoms with Crippen LogP contribution in [0.3, 0.4) is 0 Å². The van der Waals surface area contributed by atoms with Gasteiger partial charge in [0.15, 0.2) is 0 Å². The topological polar surface area (TPSA) is 0 Å². The minimum absolute atomic E-state index is 1.07. The standard InChI is InChI=1S/C9H8Br2/c1-6(2)7-3-4-8(10)9(11)5-7/h3-5H,1H2,2H3. The fourth-order valence-electron chi connectivity index (χ4n) is 0.762. The Hall–Kier alpha value is -0.0800. The molecule has 58 valence electrons. The van der Waals surface area contributed by atoms with E-state index < -0.39 is 0 Å². The number of halogens is 2. The summed E-state index contributed by atoms with van der Waals surface area (Å²) in [6, 6.07) is 6.09. The van der Waals surface area contributed by atoms with Crippen LogP contribution < -0.4 is 0 Å². The minimum atomic E-state index is 1.07. The fourth-order valence-corrected chi connectivity index (χ4v) is 1.39. The maximum Gasteiger partial charge on any atom is 0.0323 e. The quantitative estimate of drug-likeness (QED) is 0.719. The third kappa shape index (κ3) is 2.17. The van der Waals surface area contributed by atoms with Crippen molar-refractivity contribution in [1.29, 1.82) is 0 Å². The van der Waals surface area contributed by atoms with E-state index in [2.05, 4.69) is 38.4 Å². The van der Waals surface area contributed by atoms with Crippen LogP contribution in [-0.2, 0) is 0 Å². The first-order valence-electron chi connectivity index (χ1n) is 3.22. The summed E-state index contributed by atoms with van der Waals surface area (Å²) < 4.78 is 2.14. The van der Waals surface area contributed by atoms with E-state index >= 15 is 0 Å². The van der Waals surface area contributed by atoms with Gasteiger partial charge in [-0.15, -0.1) is 0 Å². The van der Waals surface area contributed by atoms with Gasteiger partial charge in [0.05, 0.1) is 0 Å². The first-order valence-corrected chi connectivity index (χ1v) is 4.81. The van der Waals surface area contributed by atoms with E-state index in [4.69, 9.17) is 0 Å². The molecule has 0 aliphatic heterocycles. The van der Waals surface area contributed by atoms with Crippen molar-refractivity contribution in [3.8, 4) is 0 Å². The molecule has 0 nitrogen and oxygen atoms in total. The fraction of sp³-hybridized carbons (Fsp3) is 0.111. The normalized spacial score (nSPS) is 9.73. The number of rotatable bonds is 1. The second-order valence-electron chi connectivity index (χ2n) is 2.41. The molecular formula is C9H8Br2. The molecule has 0 aromatic heterocycles. The number of benzene rings is 1. The van der Waals surface area contributed by atoms with E-state index in [-0.39, 0.29) is 0 Å². The summed E-state index contributed by atoms with van der Waals surface area (Å²) in [5.74, 6) is 0. The summed E-state index contributed by atoms with van der Waals surface area (Å²) in [6.45, 7) is 5.86. The van der Waals surface area contributed by atoms with Crippen molar-refractivity contribution in [2.45, 2.75) is 6.92 Å². The Morgan fingerprint density at radius 2 is 1.91 bits per heavy atom. The van der Waals surface area contributed by atoms with Crippen LogP contribution in [0, 0.1) is 0 Å². The predicted molar refractivity (Wildman–Crippen MR) is 56.6 cm³/mol. The minimum Gasteiger partial charge on any atom is -0.0955 e. The molecule has 0 spiro atoms. The van der Waals surface area contributed by atoms with Gasteiger partial charge in [-0.05, 0) is 56.5 Å². The summed E-state index contributed by atoms with van der Waals surface area (Å²) >= 11 is 6.83. The number of allylic oxidation sites excluding steroid dienone is 1. The highest BCUT2D eigenvalue weighted by atomic mass is 79.9. The lowest BCUT2D eigenvalue weighted by Crippen LogP contribution is -1.77. The third-order valence-electron chi connectivity index (χ3n) is 1.41. The second-order valence-corrected chi connectivity index (χ2v) is 4.12. The van der Waals surface area contributed by atoms with E-state index in [0.29, 0.717) is 0 Å². The van der Waals surface area contributed by atoms with E-state index in [1.54, 1.807) is 0 Å². The van der Waals surface area contributed by atoms with E-state index in [1.807, 2.05) is 25.1 Å². The van der Waals surface area contributed by atoms with Crippen LogP contribution in [0.15, 0.2) is 33.7 Å². The summed E-state index contributed by atoms with van der Waals surface area (Å²) in [6.07, 6.45) is 0. The number of hydrogen-bond acceptors (Lipinski definition) is 0. The Labute approximate surface area is 83.6 Å². The van der Waals surface area contributed by atoms with Crippen molar-refractivity contribution in [1.82, 2.24) is 0 Å². The smallest absolute Gasteiger partial charge is 0.0323 e. The lowest BCUT2D eigenvalue weighted by atomic mass is 10.1. The number of hydrogen-bond donors (Lipinski definition) is 0. The molecule has 0 radical (unpaired) electrons. The van der Waals surface area contributed by atoms with Crippen molar-refractivity contribution in [2.24, 2.45) is 0 Å². The highest BCUT2D eigenvalue weighted by molar-refractivity contribution is 9.13. The van der Waals surface area contributed by atoms with Gasteiger partial charge in [-0.2, -0.15) is 0 Å². The lowest BCUT2D eigenvalue weighted by Gasteiger charge is -2.01. The molecular weight excluding hydrogens is 268 g/mol. The highest BCUT2D eigenvalue weighted by Gasteiger charge is 1.97. The maximum absolute atomic E-state index is 3.86. The first kappa shape index (κ1) is 9.01. The van der Waals surface area contributed by atoms with Gasteiger partial charge in [-0.1, -0.05) is 18.2 Å². The summed E-state index contributed by atoms with van der Waals surface area (Å²) in [5, 5.41) is 0. The van der Waals surface area contributed by atoms with Crippen molar-refractivity contribution in [3.05, 3.63) is 39.3 Å². The van der Waals surface area contributed by atoms with Gasteiger partial charge in [0.2, 0.25) is 0 Å². The van der Waals surface area contributed by atoms with Crippen LogP contribution in [0.4, 0.5) is 0 Å². The summed E-state index contributed by atoms with van der Waals surface area (Å²) in [7, 11) is 0. The Kier molecular flexibility index (Phi) is 2.90. The Bertz CT molecular complexity index is 290. The Morgan fingerprint density at radius 1 is 1.27 bits per heavy atom. The third-order valence-corrected chi connectivity index (χ3v) is 3.29. The van der Waals surface area contributed by atoms with Crippen molar-refractivity contribution >= 4 is 37.4 Å². The Balaban J connectivity index is 3.15. The van der Waals surface area contributed by atoms with Crippen molar-refractivity contribution in [3.63, 3.8) is 0 Å². The van der Waals surface area contributed by atoms with E-state index in [0.717, 1.165) is 14.5 Å². The molecule has 11 heavy (non-hydrogen) atoms. The molecule has 1 aromatic carbocycles. The SMILES string of the molecule is C=C(C)c1ccc(Br)c(Br)c1. The molecule has 0 bridgehead atoms. The molecule has 1 aromatic rings. The zero-order valence-corrected chi connectivity index (χ0v) is 9.37.